The van der Waals surface area contributed by atoms with E-state index in [9.17, 15) is 28.4 Å². The summed E-state index contributed by atoms with van der Waals surface area (Å²) in [5.74, 6) is -4.62. The Labute approximate surface area is 194 Å². The Bertz CT molecular complexity index is 1140. The van der Waals surface area contributed by atoms with Crippen molar-refractivity contribution in [3.8, 4) is 6.07 Å². The summed E-state index contributed by atoms with van der Waals surface area (Å²) in [5, 5.41) is 11.9. The topological polar surface area (TPSA) is 93.5 Å². The van der Waals surface area contributed by atoms with E-state index in [-0.39, 0.29) is 18.9 Å². The van der Waals surface area contributed by atoms with Gasteiger partial charge in [-0.2, -0.15) is 5.26 Å². The molecule has 10 heteroatoms. The van der Waals surface area contributed by atoms with Crippen molar-refractivity contribution in [2.75, 3.05) is 25.5 Å². The number of likely N-dealkylation sites (N-methyl/N-ethyl adjacent to an activating group) is 1. The van der Waals surface area contributed by atoms with Gasteiger partial charge in [0, 0.05) is 19.3 Å². The average molecular weight is 475 g/mol. The Kier molecular flexibility index (Phi) is 6.98. The van der Waals surface area contributed by atoms with Gasteiger partial charge in [-0.25, -0.2) is 8.78 Å². The van der Waals surface area contributed by atoms with Gasteiger partial charge in [-0.05, 0) is 37.6 Å². The lowest BCUT2D eigenvalue weighted by Crippen LogP contribution is -2.44. The number of likely N-dealkylation sites (tertiary alicyclic amines) is 1. The molecule has 1 heterocycles. The normalized spacial score (nSPS) is 19.6. The van der Waals surface area contributed by atoms with Gasteiger partial charge in [0.25, 0.3) is 5.91 Å². The van der Waals surface area contributed by atoms with Crippen LogP contribution in [-0.4, -0.2) is 53.7 Å². The highest BCUT2D eigenvalue weighted by Crippen LogP contribution is 2.36. The summed E-state index contributed by atoms with van der Waals surface area (Å²) in [4.78, 5) is 40.5. The first kappa shape index (κ1) is 24.1. The predicted octanol–water partition coefficient (Wildman–Crippen LogP) is 3.46. The lowest BCUT2D eigenvalue weighted by Gasteiger charge is -2.26. The van der Waals surface area contributed by atoms with Crippen molar-refractivity contribution in [3.63, 3.8) is 0 Å². The third-order valence-electron chi connectivity index (χ3n) is 5.57. The number of carbonyl (C=O) groups excluding carboxylic acids is 3. The van der Waals surface area contributed by atoms with Crippen molar-refractivity contribution >= 4 is 35.0 Å². The smallest absolute Gasteiger partial charge is 0.257 e. The van der Waals surface area contributed by atoms with Crippen LogP contribution < -0.4 is 5.32 Å². The minimum Gasteiger partial charge on any atom is -0.332 e. The minimum atomic E-state index is -1.41. The maximum absolute atomic E-state index is 14.1. The Morgan fingerprint density at radius 1 is 1.21 bits per heavy atom. The largest absolute Gasteiger partial charge is 0.332 e. The van der Waals surface area contributed by atoms with Gasteiger partial charge >= 0.3 is 0 Å². The maximum Gasteiger partial charge on any atom is 0.257 e. The van der Waals surface area contributed by atoms with Gasteiger partial charge < -0.3 is 15.1 Å². The highest BCUT2D eigenvalue weighted by Gasteiger charge is 2.48. The van der Waals surface area contributed by atoms with Crippen LogP contribution in [0.2, 0.25) is 5.02 Å². The first-order valence-corrected chi connectivity index (χ1v) is 10.4. The number of rotatable bonds is 5. The summed E-state index contributed by atoms with van der Waals surface area (Å²) < 4.78 is 27.8. The number of halogens is 3. The van der Waals surface area contributed by atoms with Crippen molar-refractivity contribution < 1.29 is 23.2 Å². The molecule has 2 aromatic rings. The zero-order valence-electron chi connectivity index (χ0n) is 17.9. The standard InChI is InChI=1S/C23H21ClF2N4O3/c1-23(22(33)28-14-6-4-3-5-7-14)10-15(11-27)30(13-23)18(31)12-29(2)21(32)16-8-9-17(24)20(26)19(16)25/h3-9,15H,10,12-13H2,1-2H3,(H,28,33). The van der Waals surface area contributed by atoms with E-state index >= 15 is 0 Å². The van der Waals surface area contributed by atoms with E-state index in [0.29, 0.717) is 5.69 Å². The van der Waals surface area contributed by atoms with Crippen molar-refractivity contribution in [2.45, 2.75) is 19.4 Å². The van der Waals surface area contributed by atoms with Crippen LogP contribution in [0, 0.1) is 28.4 Å². The Hall–Kier alpha value is -3.51. The second-order valence-corrected chi connectivity index (χ2v) is 8.54. The SMILES string of the molecule is CN(CC(=O)N1CC(C)(C(=O)Nc2ccccc2)CC1C#N)C(=O)c1ccc(Cl)c(F)c1F. The van der Waals surface area contributed by atoms with Gasteiger partial charge in [-0.15, -0.1) is 0 Å². The molecule has 0 aromatic heterocycles. The van der Waals surface area contributed by atoms with Crippen molar-refractivity contribution in [2.24, 2.45) is 5.41 Å². The molecule has 1 aliphatic heterocycles. The molecule has 3 rings (SSSR count). The van der Waals surface area contributed by atoms with Gasteiger partial charge in [-0.3, -0.25) is 14.4 Å². The number of hydrogen-bond acceptors (Lipinski definition) is 4. The van der Waals surface area contributed by atoms with Crippen LogP contribution in [0.25, 0.3) is 0 Å². The van der Waals surface area contributed by atoms with E-state index in [2.05, 4.69) is 5.32 Å². The molecule has 0 radical (unpaired) electrons. The Morgan fingerprint density at radius 3 is 2.52 bits per heavy atom. The first-order valence-electron chi connectivity index (χ1n) is 10.0. The number of carbonyl (C=O) groups is 3. The molecule has 1 saturated heterocycles. The zero-order valence-corrected chi connectivity index (χ0v) is 18.7. The van der Waals surface area contributed by atoms with Crippen molar-refractivity contribution in [1.82, 2.24) is 9.80 Å². The number of hydrogen-bond donors (Lipinski definition) is 1. The number of amides is 3. The summed E-state index contributed by atoms with van der Waals surface area (Å²) in [6.07, 6.45) is 0.114. The molecular weight excluding hydrogens is 454 g/mol. The number of nitriles is 1. The summed E-state index contributed by atoms with van der Waals surface area (Å²) in [6, 6.07) is 12.0. The predicted molar refractivity (Wildman–Crippen MR) is 117 cm³/mol. The molecule has 2 atom stereocenters. The van der Waals surface area contributed by atoms with E-state index in [1.807, 2.05) is 6.07 Å². The summed E-state index contributed by atoms with van der Waals surface area (Å²) >= 11 is 5.51. The lowest BCUT2D eigenvalue weighted by atomic mass is 9.87. The summed E-state index contributed by atoms with van der Waals surface area (Å²) in [5.41, 5.74) is -1.01. The number of benzene rings is 2. The summed E-state index contributed by atoms with van der Waals surface area (Å²) in [6.45, 7) is 1.13. The van der Waals surface area contributed by atoms with Gasteiger partial charge in [0.15, 0.2) is 11.6 Å². The second-order valence-electron chi connectivity index (χ2n) is 8.14. The molecule has 1 fully saturated rings. The first-order chi connectivity index (χ1) is 15.6. The van der Waals surface area contributed by atoms with E-state index in [1.54, 1.807) is 37.3 Å². The molecular formula is C23H21ClF2N4O3. The quantitative estimate of drug-likeness (QED) is 0.671. The fraction of sp³-hybridized carbons (Fsp3) is 0.304. The highest BCUT2D eigenvalue weighted by molar-refractivity contribution is 6.30. The Morgan fingerprint density at radius 2 is 1.88 bits per heavy atom. The van der Waals surface area contributed by atoms with Crippen LogP contribution in [-0.2, 0) is 9.59 Å². The molecule has 2 unspecified atom stereocenters. The van der Waals surface area contributed by atoms with Crippen LogP contribution >= 0.6 is 11.6 Å². The third-order valence-corrected chi connectivity index (χ3v) is 5.87. The van der Waals surface area contributed by atoms with E-state index in [1.165, 1.54) is 11.9 Å². The maximum atomic E-state index is 14.1. The molecule has 0 spiro atoms. The van der Waals surface area contributed by atoms with Crippen molar-refractivity contribution in [3.05, 3.63) is 64.7 Å². The minimum absolute atomic E-state index is 0.0330. The van der Waals surface area contributed by atoms with Crippen LogP contribution in [0.4, 0.5) is 14.5 Å². The molecule has 1 aliphatic rings. The molecule has 172 valence electrons. The van der Waals surface area contributed by atoms with Crippen LogP contribution in [0.15, 0.2) is 42.5 Å². The highest BCUT2D eigenvalue weighted by atomic mass is 35.5. The van der Waals surface area contributed by atoms with Crippen LogP contribution in [0.3, 0.4) is 0 Å². The molecule has 33 heavy (non-hydrogen) atoms. The van der Waals surface area contributed by atoms with Gasteiger partial charge in [-0.1, -0.05) is 29.8 Å². The second kappa shape index (κ2) is 9.55. The molecule has 1 N–H and O–H groups in total. The number of nitrogens with one attached hydrogen (secondary N) is 1. The fourth-order valence-electron chi connectivity index (χ4n) is 3.70. The lowest BCUT2D eigenvalue weighted by molar-refractivity contribution is -0.132. The monoisotopic (exact) mass is 474 g/mol. The molecule has 0 bridgehead atoms. The fourth-order valence-corrected chi connectivity index (χ4v) is 3.84. The van der Waals surface area contributed by atoms with Crippen LogP contribution in [0.1, 0.15) is 23.7 Å². The van der Waals surface area contributed by atoms with Gasteiger partial charge in [0.2, 0.25) is 11.8 Å². The summed E-state index contributed by atoms with van der Waals surface area (Å²) in [7, 11) is 1.25. The third kappa shape index (κ3) is 4.96. The number of nitrogens with zero attached hydrogens (tertiary/aromatic N) is 3. The number of para-hydroxylation sites is 1. The number of anilines is 1. The molecule has 2 aromatic carbocycles. The van der Waals surface area contributed by atoms with Crippen LogP contribution in [0.5, 0.6) is 0 Å². The average Bonchev–Trinajstić information content (AvgIpc) is 3.16. The Balaban J connectivity index is 1.71. The molecule has 0 saturated carbocycles. The van der Waals surface area contributed by atoms with E-state index in [4.69, 9.17) is 11.6 Å². The van der Waals surface area contributed by atoms with Gasteiger partial charge in [0.05, 0.1) is 28.6 Å². The van der Waals surface area contributed by atoms with Crippen molar-refractivity contribution in [1.29, 1.82) is 5.26 Å². The van der Waals surface area contributed by atoms with E-state index in [0.717, 1.165) is 17.0 Å². The van der Waals surface area contributed by atoms with Gasteiger partial charge in [0.1, 0.15) is 6.04 Å². The zero-order chi connectivity index (χ0) is 24.3. The molecule has 7 nitrogen and oxygen atoms in total. The molecule has 3 amide bonds. The van der Waals surface area contributed by atoms with E-state index < -0.39 is 52.0 Å². The molecule has 0 aliphatic carbocycles.